The lowest BCUT2D eigenvalue weighted by molar-refractivity contribution is -0.121. The number of allylic oxidation sites excluding steroid dienone is 1. The van der Waals surface area contributed by atoms with Crippen LogP contribution in [0.15, 0.2) is 60.8 Å². The molecule has 6 nitrogen and oxygen atoms in total. The predicted molar refractivity (Wildman–Crippen MR) is 145 cm³/mol. The van der Waals surface area contributed by atoms with Crippen molar-refractivity contribution in [3.8, 4) is 5.75 Å². The number of nitrogens with zero attached hydrogens (tertiary/aromatic N) is 1. The fourth-order valence-corrected chi connectivity index (χ4v) is 4.28. The van der Waals surface area contributed by atoms with E-state index in [1.54, 1.807) is 13.3 Å². The van der Waals surface area contributed by atoms with Crippen LogP contribution < -0.4 is 10.1 Å². The number of amides is 1. The Balaban J connectivity index is 1.42. The van der Waals surface area contributed by atoms with Gasteiger partial charge in [-0.1, -0.05) is 44.1 Å². The Bertz CT molecular complexity index is 1370. The van der Waals surface area contributed by atoms with E-state index in [4.69, 9.17) is 4.74 Å². The lowest BCUT2D eigenvalue weighted by atomic mass is 10.0. The number of hydrogen-bond acceptors (Lipinski definition) is 4. The highest BCUT2D eigenvalue weighted by Gasteiger charge is 2.14. The summed E-state index contributed by atoms with van der Waals surface area (Å²) in [6.45, 7) is 2.62. The summed E-state index contributed by atoms with van der Waals surface area (Å²) in [6.07, 6.45) is 11.1. The molecule has 4 rings (SSSR count). The van der Waals surface area contributed by atoms with Crippen molar-refractivity contribution in [1.29, 1.82) is 0 Å². The Kier molecular flexibility index (Phi) is 8.50. The minimum Gasteiger partial charge on any atom is -0.497 e. The number of methoxy groups -OCH3 is 1. The molecule has 0 unspecified atom stereocenters. The molecule has 0 saturated heterocycles. The highest BCUT2D eigenvalue weighted by molar-refractivity contribution is 6.12. The van der Waals surface area contributed by atoms with Crippen LogP contribution in [0.2, 0.25) is 0 Å². The smallest absolute Gasteiger partial charge is 0.220 e. The Morgan fingerprint density at radius 1 is 1.06 bits per heavy atom. The number of nitrogens with one attached hydrogen (secondary N) is 2. The summed E-state index contributed by atoms with van der Waals surface area (Å²) in [7, 11) is 1.62. The molecule has 4 aromatic rings. The normalized spacial score (nSPS) is 11.4. The highest BCUT2D eigenvalue weighted by Crippen LogP contribution is 2.29. The van der Waals surface area contributed by atoms with Crippen molar-refractivity contribution >= 4 is 39.7 Å². The van der Waals surface area contributed by atoms with Gasteiger partial charge in [0, 0.05) is 47.4 Å². The van der Waals surface area contributed by atoms with Crippen LogP contribution in [0.1, 0.15) is 66.9 Å². The first-order chi connectivity index (χ1) is 17.6. The third-order valence-electron chi connectivity index (χ3n) is 6.35. The summed E-state index contributed by atoms with van der Waals surface area (Å²) in [5.41, 5.74) is 4.42. The summed E-state index contributed by atoms with van der Waals surface area (Å²) < 4.78 is 5.15. The number of aromatic nitrogens is 2. The van der Waals surface area contributed by atoms with Crippen LogP contribution in [-0.2, 0) is 11.3 Å². The van der Waals surface area contributed by atoms with Gasteiger partial charge in [-0.3, -0.25) is 9.59 Å². The second-order valence-electron chi connectivity index (χ2n) is 8.96. The van der Waals surface area contributed by atoms with E-state index in [2.05, 4.69) is 34.4 Å². The number of aromatic amines is 1. The maximum Gasteiger partial charge on any atom is 0.220 e. The number of unbranched alkanes of at least 4 members (excludes halogenated alkanes) is 3. The number of carbonyl (C=O) groups is 2. The number of rotatable bonds is 12. The van der Waals surface area contributed by atoms with E-state index in [9.17, 15) is 9.59 Å². The number of pyridine rings is 1. The highest BCUT2D eigenvalue weighted by atomic mass is 16.5. The van der Waals surface area contributed by atoms with E-state index in [-0.39, 0.29) is 24.5 Å². The maximum absolute atomic E-state index is 12.9. The van der Waals surface area contributed by atoms with Gasteiger partial charge in [0.15, 0.2) is 5.78 Å². The van der Waals surface area contributed by atoms with Crippen LogP contribution >= 0.6 is 0 Å². The van der Waals surface area contributed by atoms with Crippen molar-refractivity contribution in [2.75, 3.05) is 7.11 Å². The summed E-state index contributed by atoms with van der Waals surface area (Å²) in [6, 6.07) is 15.2. The van der Waals surface area contributed by atoms with Crippen LogP contribution in [-0.4, -0.2) is 28.8 Å². The number of H-pyrrole nitrogens is 1. The molecule has 2 heterocycles. The molecule has 0 aliphatic carbocycles. The zero-order valence-corrected chi connectivity index (χ0v) is 21.0. The van der Waals surface area contributed by atoms with E-state index in [1.165, 1.54) is 19.3 Å². The van der Waals surface area contributed by atoms with Gasteiger partial charge in [0.05, 0.1) is 7.11 Å². The van der Waals surface area contributed by atoms with Gasteiger partial charge in [0.25, 0.3) is 0 Å². The van der Waals surface area contributed by atoms with Gasteiger partial charge in [0.2, 0.25) is 5.91 Å². The van der Waals surface area contributed by atoms with Crippen molar-refractivity contribution in [3.63, 3.8) is 0 Å². The molecule has 0 aliphatic heterocycles. The van der Waals surface area contributed by atoms with Crippen LogP contribution in [0.3, 0.4) is 0 Å². The Labute approximate surface area is 211 Å². The van der Waals surface area contributed by atoms with Gasteiger partial charge in [-0.2, -0.15) is 0 Å². The minimum absolute atomic E-state index is 0.0496. The topological polar surface area (TPSA) is 84.1 Å². The molecular formula is C30H33N3O3. The molecule has 0 atom stereocenters. The van der Waals surface area contributed by atoms with Gasteiger partial charge >= 0.3 is 0 Å². The molecule has 2 aromatic carbocycles. The molecule has 6 heteroatoms. The summed E-state index contributed by atoms with van der Waals surface area (Å²) in [4.78, 5) is 33.1. The van der Waals surface area contributed by atoms with E-state index < -0.39 is 0 Å². The van der Waals surface area contributed by atoms with Gasteiger partial charge in [0.1, 0.15) is 11.4 Å². The summed E-state index contributed by atoms with van der Waals surface area (Å²) in [5.74, 6) is 0.576. The van der Waals surface area contributed by atoms with Crippen molar-refractivity contribution in [2.45, 2.75) is 52.0 Å². The molecule has 0 spiro atoms. The average Bonchev–Trinajstić information content (AvgIpc) is 3.29. The molecule has 0 bridgehead atoms. The minimum atomic E-state index is -0.146. The fourth-order valence-electron chi connectivity index (χ4n) is 4.28. The first-order valence-electron chi connectivity index (χ1n) is 12.6. The number of hydrogen-bond donors (Lipinski definition) is 2. The standard InChI is InChI=1S/C30H33N3O3/c1-3-4-5-6-7-8-22-17-18-31-30-29(22)25-19-23(11-14-26(25)33-30)27(34)15-16-28(35)32-20-21-9-12-24(36-2)13-10-21/h7-14,17-19H,3-6,15-16,20H2,1-2H3,(H,31,33)(H,32,35). The van der Waals surface area contributed by atoms with Crippen LogP contribution in [0.4, 0.5) is 0 Å². The molecule has 0 aliphatic rings. The van der Waals surface area contributed by atoms with Gasteiger partial charge < -0.3 is 15.0 Å². The number of benzene rings is 2. The monoisotopic (exact) mass is 483 g/mol. The average molecular weight is 484 g/mol. The van der Waals surface area contributed by atoms with Crippen molar-refractivity contribution in [3.05, 3.63) is 77.5 Å². The van der Waals surface area contributed by atoms with Gasteiger partial charge in [-0.15, -0.1) is 0 Å². The van der Waals surface area contributed by atoms with Gasteiger partial charge in [-0.25, -0.2) is 4.98 Å². The Morgan fingerprint density at radius 2 is 1.89 bits per heavy atom. The third-order valence-corrected chi connectivity index (χ3v) is 6.35. The zero-order chi connectivity index (χ0) is 25.3. The second-order valence-corrected chi connectivity index (χ2v) is 8.96. The Morgan fingerprint density at radius 3 is 2.67 bits per heavy atom. The summed E-state index contributed by atoms with van der Waals surface area (Å²) >= 11 is 0. The maximum atomic E-state index is 12.9. The summed E-state index contributed by atoms with van der Waals surface area (Å²) in [5, 5.41) is 4.87. The molecule has 0 radical (unpaired) electrons. The van der Waals surface area contributed by atoms with Crippen LogP contribution in [0.25, 0.3) is 28.0 Å². The number of fused-ring (bicyclic) bond motifs is 3. The van der Waals surface area contributed by atoms with E-state index in [1.807, 2.05) is 48.5 Å². The van der Waals surface area contributed by atoms with Crippen molar-refractivity contribution in [2.24, 2.45) is 0 Å². The molecule has 1 amide bonds. The third kappa shape index (κ3) is 6.19. The van der Waals surface area contributed by atoms with Crippen LogP contribution in [0, 0.1) is 0 Å². The van der Waals surface area contributed by atoms with E-state index in [0.717, 1.165) is 45.2 Å². The van der Waals surface area contributed by atoms with E-state index >= 15 is 0 Å². The molecule has 0 saturated carbocycles. The molecule has 2 aromatic heterocycles. The molecule has 2 N–H and O–H groups in total. The zero-order valence-electron chi connectivity index (χ0n) is 21.0. The molecular weight excluding hydrogens is 450 g/mol. The number of ketones is 1. The van der Waals surface area contributed by atoms with Crippen LogP contribution in [0.5, 0.6) is 5.75 Å². The SMILES string of the molecule is CCCCCC=Cc1ccnc2[nH]c3ccc(C(=O)CCC(=O)NCc4ccc(OC)cc4)cc3c12. The number of Topliss-reactive ketones (excluding diaryl/α,β-unsaturated/α-hetero) is 1. The predicted octanol–water partition coefficient (Wildman–Crippen LogP) is 6.60. The molecule has 0 fully saturated rings. The first-order valence-corrected chi connectivity index (χ1v) is 12.6. The van der Waals surface area contributed by atoms with Crippen molar-refractivity contribution in [1.82, 2.24) is 15.3 Å². The Hall–Kier alpha value is -3.93. The lowest BCUT2D eigenvalue weighted by Crippen LogP contribution is -2.23. The van der Waals surface area contributed by atoms with Crippen molar-refractivity contribution < 1.29 is 14.3 Å². The molecule has 36 heavy (non-hydrogen) atoms. The van der Waals surface area contributed by atoms with E-state index in [0.29, 0.717) is 12.1 Å². The lowest BCUT2D eigenvalue weighted by Gasteiger charge is -2.07. The fraction of sp³-hybridized carbons (Fsp3) is 0.300. The quantitative estimate of drug-likeness (QED) is 0.176. The molecule has 186 valence electrons. The first kappa shape index (κ1) is 25.2. The van der Waals surface area contributed by atoms with Gasteiger partial charge in [-0.05, 0) is 60.4 Å². The second kappa shape index (κ2) is 12.2. The largest absolute Gasteiger partial charge is 0.497 e. The number of ether oxygens (including phenoxy) is 1. The number of carbonyl (C=O) groups excluding carboxylic acids is 2.